The van der Waals surface area contributed by atoms with Crippen LogP contribution in [0.2, 0.25) is 0 Å². The van der Waals surface area contributed by atoms with Gasteiger partial charge in [-0.3, -0.25) is 9.69 Å². The molecule has 1 aliphatic carbocycles. The summed E-state index contributed by atoms with van der Waals surface area (Å²) in [6.45, 7) is 1.82. The summed E-state index contributed by atoms with van der Waals surface area (Å²) in [5, 5.41) is 4.90. The molecular weight excluding hydrogens is 302 g/mol. The molecule has 1 unspecified atom stereocenters. The number of carbonyl (C=O) groups is 1. The van der Waals surface area contributed by atoms with Gasteiger partial charge in [-0.25, -0.2) is 4.98 Å². The topological polar surface area (TPSA) is 98.1 Å². The van der Waals surface area contributed by atoms with Gasteiger partial charge in [0.05, 0.1) is 11.0 Å². The van der Waals surface area contributed by atoms with Gasteiger partial charge in [0.15, 0.2) is 0 Å². The zero-order chi connectivity index (χ0) is 15.1. The highest BCUT2D eigenvalue weighted by Crippen LogP contribution is 2.42. The van der Waals surface area contributed by atoms with Crippen molar-refractivity contribution in [2.75, 3.05) is 6.54 Å². The third-order valence-corrected chi connectivity index (χ3v) is 5.31. The molecule has 2 aromatic heterocycles. The van der Waals surface area contributed by atoms with Gasteiger partial charge in [-0.2, -0.15) is 4.98 Å². The van der Waals surface area contributed by atoms with E-state index in [1.165, 1.54) is 22.7 Å². The van der Waals surface area contributed by atoms with Crippen LogP contribution < -0.4 is 5.73 Å². The summed E-state index contributed by atoms with van der Waals surface area (Å²) in [5.74, 6) is 0.479. The van der Waals surface area contributed by atoms with E-state index in [0.717, 1.165) is 25.9 Å². The number of amides is 1. The zero-order valence-electron chi connectivity index (χ0n) is 12.1. The number of thiazole rings is 1. The maximum Gasteiger partial charge on any atom is 0.290 e. The number of nitrogens with zero attached hydrogens (tertiary/aromatic N) is 4. The van der Waals surface area contributed by atoms with Gasteiger partial charge in [-0.15, -0.1) is 11.3 Å². The van der Waals surface area contributed by atoms with E-state index >= 15 is 0 Å². The van der Waals surface area contributed by atoms with Gasteiger partial charge < -0.3 is 10.3 Å². The van der Waals surface area contributed by atoms with Crippen LogP contribution in [-0.2, 0) is 6.54 Å². The molecule has 0 spiro atoms. The quantitative estimate of drug-likeness (QED) is 0.903. The number of hydrogen-bond acceptors (Lipinski definition) is 7. The van der Waals surface area contributed by atoms with Crippen molar-refractivity contribution in [2.24, 2.45) is 5.73 Å². The van der Waals surface area contributed by atoms with Gasteiger partial charge in [-0.05, 0) is 32.2 Å². The largest absolute Gasteiger partial charge is 0.363 e. The monoisotopic (exact) mass is 319 g/mol. The minimum atomic E-state index is -0.656. The number of primary amides is 1. The predicted molar refractivity (Wildman–Crippen MR) is 79.3 cm³/mol. The van der Waals surface area contributed by atoms with E-state index in [4.69, 9.17) is 10.3 Å². The Bertz CT molecular complexity index is 693. The van der Waals surface area contributed by atoms with Gasteiger partial charge in [0, 0.05) is 23.5 Å². The fourth-order valence-electron chi connectivity index (χ4n) is 2.88. The predicted octanol–water partition coefficient (Wildman–Crippen LogP) is 1.84. The fraction of sp³-hybridized carbons (Fsp3) is 0.571. The van der Waals surface area contributed by atoms with Gasteiger partial charge in [0.25, 0.3) is 11.7 Å². The second kappa shape index (κ2) is 5.44. The van der Waals surface area contributed by atoms with Crippen LogP contribution in [0.1, 0.15) is 64.0 Å². The maximum absolute atomic E-state index is 11.1. The summed E-state index contributed by atoms with van der Waals surface area (Å²) >= 11 is 1.80. The highest BCUT2D eigenvalue weighted by Gasteiger charge is 2.32. The number of nitrogens with two attached hydrogens (primary N) is 1. The molecule has 7 nitrogen and oxygen atoms in total. The first-order valence-corrected chi connectivity index (χ1v) is 8.34. The summed E-state index contributed by atoms with van der Waals surface area (Å²) in [7, 11) is 0. The van der Waals surface area contributed by atoms with Gasteiger partial charge in [-0.1, -0.05) is 5.16 Å². The van der Waals surface area contributed by atoms with Crippen LogP contribution >= 0.6 is 11.3 Å². The molecule has 1 saturated heterocycles. The van der Waals surface area contributed by atoms with Gasteiger partial charge in [0.1, 0.15) is 0 Å². The number of carbonyl (C=O) groups excluding carboxylic acids is 1. The molecule has 1 aliphatic heterocycles. The Morgan fingerprint density at radius 3 is 3.05 bits per heavy atom. The average Bonchev–Trinajstić information content (AvgIpc) is 2.95. The Kier molecular flexibility index (Phi) is 3.42. The van der Waals surface area contributed by atoms with Crippen LogP contribution in [0.25, 0.3) is 0 Å². The maximum atomic E-state index is 11.1. The minimum Gasteiger partial charge on any atom is -0.363 e. The molecule has 3 heterocycles. The third-order valence-electron chi connectivity index (χ3n) is 4.17. The molecule has 2 fully saturated rings. The molecule has 1 amide bonds. The van der Waals surface area contributed by atoms with Crippen LogP contribution in [0, 0.1) is 0 Å². The summed E-state index contributed by atoms with van der Waals surface area (Å²) in [4.78, 5) is 23.3. The van der Waals surface area contributed by atoms with Crippen LogP contribution in [0.5, 0.6) is 0 Å². The Hall–Kier alpha value is -1.80. The lowest BCUT2D eigenvalue weighted by Gasteiger charge is -2.20. The molecule has 2 aromatic rings. The third kappa shape index (κ3) is 2.64. The SMILES string of the molecule is NC(=O)c1noc(C2CCCN2Cc2cnc(C3CC3)s2)n1. The Labute approximate surface area is 131 Å². The standard InChI is InChI=1S/C14H17N5O2S/c15-11(20)12-17-13(21-18-12)10-2-1-5-19(10)7-9-6-16-14(22-9)8-3-4-8/h6,8,10H,1-5,7H2,(H2,15,20). The Morgan fingerprint density at radius 1 is 1.45 bits per heavy atom. The molecule has 0 radical (unpaired) electrons. The first kappa shape index (κ1) is 13.8. The summed E-state index contributed by atoms with van der Waals surface area (Å²) in [5.41, 5.74) is 5.18. The van der Waals surface area contributed by atoms with E-state index in [9.17, 15) is 4.79 Å². The van der Waals surface area contributed by atoms with Crippen molar-refractivity contribution in [1.82, 2.24) is 20.0 Å². The van der Waals surface area contributed by atoms with Crippen molar-refractivity contribution < 1.29 is 9.32 Å². The molecule has 2 N–H and O–H groups in total. The lowest BCUT2D eigenvalue weighted by Crippen LogP contribution is -2.22. The van der Waals surface area contributed by atoms with Crippen molar-refractivity contribution in [3.05, 3.63) is 27.8 Å². The van der Waals surface area contributed by atoms with Crippen molar-refractivity contribution in [1.29, 1.82) is 0 Å². The van der Waals surface area contributed by atoms with Crippen LogP contribution in [0.15, 0.2) is 10.7 Å². The minimum absolute atomic E-state index is 0.0457. The average molecular weight is 319 g/mol. The Balaban J connectivity index is 1.48. The molecule has 0 aromatic carbocycles. The summed E-state index contributed by atoms with van der Waals surface area (Å²) in [6, 6.07) is 0.0621. The number of hydrogen-bond donors (Lipinski definition) is 1. The molecule has 1 saturated carbocycles. The van der Waals surface area contributed by atoms with E-state index in [1.807, 2.05) is 6.20 Å². The van der Waals surface area contributed by atoms with Crippen molar-refractivity contribution >= 4 is 17.2 Å². The molecule has 0 bridgehead atoms. The first-order valence-electron chi connectivity index (χ1n) is 7.53. The van der Waals surface area contributed by atoms with Crippen LogP contribution in [0.4, 0.5) is 0 Å². The van der Waals surface area contributed by atoms with Gasteiger partial charge >= 0.3 is 0 Å². The number of aromatic nitrogens is 3. The second-order valence-corrected chi connectivity index (χ2v) is 7.03. The normalized spacial score (nSPS) is 22.3. The highest BCUT2D eigenvalue weighted by molar-refractivity contribution is 7.11. The molecule has 1 atom stereocenters. The molecule has 2 aliphatic rings. The van der Waals surface area contributed by atoms with E-state index < -0.39 is 5.91 Å². The van der Waals surface area contributed by atoms with Crippen LogP contribution in [-0.4, -0.2) is 32.5 Å². The smallest absolute Gasteiger partial charge is 0.290 e. The van der Waals surface area contributed by atoms with E-state index in [-0.39, 0.29) is 11.9 Å². The molecule has 4 rings (SSSR count). The van der Waals surface area contributed by atoms with Crippen molar-refractivity contribution in [2.45, 2.75) is 44.2 Å². The lowest BCUT2D eigenvalue weighted by atomic mass is 10.2. The molecule has 116 valence electrons. The second-order valence-electron chi connectivity index (χ2n) is 5.89. The zero-order valence-corrected chi connectivity index (χ0v) is 12.9. The molecular formula is C14H17N5O2S. The van der Waals surface area contributed by atoms with Crippen molar-refractivity contribution in [3.63, 3.8) is 0 Å². The fourth-order valence-corrected chi connectivity index (χ4v) is 3.99. The van der Waals surface area contributed by atoms with Gasteiger partial charge in [0.2, 0.25) is 5.89 Å². The van der Waals surface area contributed by atoms with E-state index in [0.29, 0.717) is 11.8 Å². The summed E-state index contributed by atoms with van der Waals surface area (Å²) < 4.78 is 5.22. The molecule has 8 heteroatoms. The van der Waals surface area contributed by atoms with Crippen molar-refractivity contribution in [3.8, 4) is 0 Å². The van der Waals surface area contributed by atoms with Crippen LogP contribution in [0.3, 0.4) is 0 Å². The first-order chi connectivity index (χ1) is 10.7. The number of rotatable bonds is 5. The summed E-state index contributed by atoms with van der Waals surface area (Å²) in [6.07, 6.45) is 6.56. The van der Waals surface area contributed by atoms with E-state index in [1.54, 1.807) is 11.3 Å². The molecule has 22 heavy (non-hydrogen) atoms. The Morgan fingerprint density at radius 2 is 2.32 bits per heavy atom. The van der Waals surface area contributed by atoms with E-state index in [2.05, 4.69) is 20.0 Å². The highest BCUT2D eigenvalue weighted by atomic mass is 32.1. The lowest BCUT2D eigenvalue weighted by molar-refractivity contribution is 0.0987. The number of likely N-dealkylation sites (tertiary alicyclic amines) is 1.